The lowest BCUT2D eigenvalue weighted by Crippen LogP contribution is -2.19. The molecule has 1 N–H and O–H groups in total. The summed E-state index contributed by atoms with van der Waals surface area (Å²) in [6.45, 7) is 0.547. The number of nitrogens with one attached hydrogen (secondary N) is 1. The number of nitrogens with zero attached hydrogens (tertiary/aromatic N) is 3. The standard InChI is InChI=1S/C12H9F3N4O2/c13-12(14,15)8-2-1-3-10(11(8)19(20)21)18-5-7-4-16-17-9(7)6-18/h1-4H,5-6H2,(H,16,17). The van der Waals surface area contributed by atoms with Gasteiger partial charge in [0.1, 0.15) is 11.3 Å². The topological polar surface area (TPSA) is 75.1 Å². The molecule has 1 aliphatic rings. The molecule has 0 saturated carbocycles. The Morgan fingerprint density at radius 1 is 1.33 bits per heavy atom. The van der Waals surface area contributed by atoms with Crippen LogP contribution in [-0.4, -0.2) is 15.1 Å². The van der Waals surface area contributed by atoms with Gasteiger partial charge in [0, 0.05) is 12.1 Å². The van der Waals surface area contributed by atoms with E-state index in [4.69, 9.17) is 0 Å². The Morgan fingerprint density at radius 2 is 2.10 bits per heavy atom. The fourth-order valence-electron chi connectivity index (χ4n) is 2.44. The molecule has 3 rings (SSSR count). The number of aromatic amines is 1. The van der Waals surface area contributed by atoms with Gasteiger partial charge in [-0.1, -0.05) is 6.07 Å². The first-order valence-electron chi connectivity index (χ1n) is 5.98. The number of fused-ring (bicyclic) bond motifs is 1. The summed E-state index contributed by atoms with van der Waals surface area (Å²) in [5.41, 5.74) is -0.621. The molecule has 0 fully saturated rings. The third kappa shape index (κ3) is 2.20. The zero-order valence-electron chi connectivity index (χ0n) is 10.5. The van der Waals surface area contributed by atoms with E-state index in [2.05, 4.69) is 10.2 Å². The molecule has 1 aromatic heterocycles. The van der Waals surface area contributed by atoms with Gasteiger partial charge in [0.25, 0.3) is 0 Å². The molecule has 9 heteroatoms. The predicted molar refractivity (Wildman–Crippen MR) is 66.6 cm³/mol. The smallest absolute Gasteiger partial charge is 0.356 e. The highest BCUT2D eigenvalue weighted by atomic mass is 19.4. The third-order valence-electron chi connectivity index (χ3n) is 3.36. The van der Waals surface area contributed by atoms with Crippen molar-refractivity contribution in [2.24, 2.45) is 0 Å². The van der Waals surface area contributed by atoms with Gasteiger partial charge in [0.2, 0.25) is 0 Å². The first-order chi connectivity index (χ1) is 9.88. The SMILES string of the molecule is O=[N+]([O-])c1c(N2Cc3cn[nH]c3C2)cccc1C(F)(F)F. The molecule has 1 aliphatic heterocycles. The number of benzene rings is 1. The number of H-pyrrole nitrogens is 1. The van der Waals surface area contributed by atoms with Crippen molar-refractivity contribution < 1.29 is 18.1 Å². The van der Waals surface area contributed by atoms with Crippen molar-refractivity contribution in [3.63, 3.8) is 0 Å². The molecular weight excluding hydrogens is 289 g/mol. The van der Waals surface area contributed by atoms with Gasteiger partial charge in [0.15, 0.2) is 0 Å². The number of nitro groups is 1. The molecule has 2 heterocycles. The Labute approximate surface area is 116 Å². The predicted octanol–water partition coefficient (Wildman–Crippen LogP) is 2.86. The molecule has 2 aromatic rings. The number of hydrogen-bond donors (Lipinski definition) is 1. The van der Waals surface area contributed by atoms with Crippen molar-refractivity contribution in [3.05, 3.63) is 51.3 Å². The minimum atomic E-state index is -4.77. The zero-order chi connectivity index (χ0) is 15.2. The van der Waals surface area contributed by atoms with Crippen molar-refractivity contribution in [1.82, 2.24) is 10.2 Å². The van der Waals surface area contributed by atoms with Gasteiger partial charge in [0.05, 0.1) is 23.4 Å². The lowest BCUT2D eigenvalue weighted by Gasteiger charge is -2.19. The van der Waals surface area contributed by atoms with E-state index in [0.717, 1.165) is 17.3 Å². The van der Waals surface area contributed by atoms with Crippen LogP contribution in [0.15, 0.2) is 24.4 Å². The van der Waals surface area contributed by atoms with Gasteiger partial charge in [-0.05, 0) is 12.1 Å². The summed E-state index contributed by atoms with van der Waals surface area (Å²) < 4.78 is 38.8. The fraction of sp³-hybridized carbons (Fsp3) is 0.250. The average Bonchev–Trinajstić information content (AvgIpc) is 2.97. The molecule has 6 nitrogen and oxygen atoms in total. The molecule has 0 saturated heterocycles. The van der Waals surface area contributed by atoms with Crippen LogP contribution >= 0.6 is 0 Å². The van der Waals surface area contributed by atoms with Crippen LogP contribution in [0, 0.1) is 10.1 Å². The van der Waals surface area contributed by atoms with Crippen molar-refractivity contribution in [3.8, 4) is 0 Å². The minimum Gasteiger partial charge on any atom is -0.356 e. The van der Waals surface area contributed by atoms with Gasteiger partial charge in [-0.3, -0.25) is 15.2 Å². The molecular formula is C12H9F3N4O2. The Morgan fingerprint density at radius 3 is 2.71 bits per heavy atom. The van der Waals surface area contributed by atoms with Crippen LogP contribution in [0.25, 0.3) is 0 Å². The van der Waals surface area contributed by atoms with Crippen molar-refractivity contribution in [1.29, 1.82) is 0 Å². The van der Waals surface area contributed by atoms with Gasteiger partial charge < -0.3 is 4.90 Å². The van der Waals surface area contributed by atoms with E-state index in [1.165, 1.54) is 17.0 Å². The summed E-state index contributed by atoms with van der Waals surface area (Å²) in [7, 11) is 0. The summed E-state index contributed by atoms with van der Waals surface area (Å²) >= 11 is 0. The van der Waals surface area contributed by atoms with Gasteiger partial charge in [-0.15, -0.1) is 0 Å². The largest absolute Gasteiger partial charge is 0.423 e. The highest BCUT2D eigenvalue weighted by molar-refractivity contribution is 5.68. The maximum Gasteiger partial charge on any atom is 0.423 e. The van der Waals surface area contributed by atoms with E-state index in [0.29, 0.717) is 0 Å². The summed E-state index contributed by atoms with van der Waals surface area (Å²) in [5.74, 6) is 0. The lowest BCUT2D eigenvalue weighted by atomic mass is 10.1. The number of halogens is 3. The van der Waals surface area contributed by atoms with Gasteiger partial charge >= 0.3 is 11.9 Å². The molecule has 0 spiro atoms. The molecule has 0 amide bonds. The van der Waals surface area contributed by atoms with Crippen molar-refractivity contribution >= 4 is 11.4 Å². The molecule has 1 aromatic carbocycles. The number of anilines is 1. The first kappa shape index (κ1) is 13.4. The summed E-state index contributed by atoms with van der Waals surface area (Å²) in [4.78, 5) is 11.7. The van der Waals surface area contributed by atoms with Crippen LogP contribution < -0.4 is 4.90 Å². The van der Waals surface area contributed by atoms with Crippen LogP contribution in [0.1, 0.15) is 16.8 Å². The highest BCUT2D eigenvalue weighted by Gasteiger charge is 2.41. The molecule has 0 atom stereocenters. The van der Waals surface area contributed by atoms with Gasteiger partial charge in [-0.2, -0.15) is 18.3 Å². The number of aromatic nitrogens is 2. The summed E-state index contributed by atoms with van der Waals surface area (Å²) in [6, 6.07) is 3.22. The Balaban J connectivity index is 2.07. The summed E-state index contributed by atoms with van der Waals surface area (Å²) in [5, 5.41) is 17.7. The van der Waals surface area contributed by atoms with Gasteiger partial charge in [-0.25, -0.2) is 0 Å². The molecule has 0 radical (unpaired) electrons. The van der Waals surface area contributed by atoms with Crippen LogP contribution in [0.5, 0.6) is 0 Å². The Hall–Kier alpha value is -2.58. The Bertz CT molecular complexity index is 690. The molecule has 21 heavy (non-hydrogen) atoms. The number of nitro benzene ring substituents is 1. The van der Waals surface area contributed by atoms with Crippen LogP contribution in [0.3, 0.4) is 0 Å². The number of hydrogen-bond acceptors (Lipinski definition) is 4. The molecule has 0 aliphatic carbocycles. The third-order valence-corrected chi connectivity index (χ3v) is 3.36. The van der Waals surface area contributed by atoms with Crippen molar-refractivity contribution in [2.45, 2.75) is 19.3 Å². The first-order valence-corrected chi connectivity index (χ1v) is 5.98. The summed E-state index contributed by atoms with van der Waals surface area (Å²) in [6.07, 6.45) is -3.21. The maximum atomic E-state index is 12.9. The van der Waals surface area contributed by atoms with Crippen LogP contribution in [0.2, 0.25) is 0 Å². The number of rotatable bonds is 2. The monoisotopic (exact) mass is 298 g/mol. The maximum absolute atomic E-state index is 12.9. The highest BCUT2D eigenvalue weighted by Crippen LogP contribution is 2.43. The minimum absolute atomic E-state index is 0.0422. The molecule has 0 unspecified atom stereocenters. The quantitative estimate of drug-likeness (QED) is 0.683. The van der Waals surface area contributed by atoms with E-state index >= 15 is 0 Å². The van der Waals surface area contributed by atoms with E-state index in [1.54, 1.807) is 6.20 Å². The average molecular weight is 298 g/mol. The second kappa shape index (κ2) is 4.47. The van der Waals surface area contributed by atoms with E-state index in [-0.39, 0.29) is 18.8 Å². The lowest BCUT2D eigenvalue weighted by molar-refractivity contribution is -0.387. The number of para-hydroxylation sites is 1. The van der Waals surface area contributed by atoms with Crippen LogP contribution in [0.4, 0.5) is 24.5 Å². The van der Waals surface area contributed by atoms with Crippen LogP contribution in [-0.2, 0) is 19.3 Å². The normalized spacial score (nSPS) is 14.3. The number of alkyl halides is 3. The second-order valence-electron chi connectivity index (χ2n) is 4.66. The second-order valence-corrected chi connectivity index (χ2v) is 4.66. The van der Waals surface area contributed by atoms with E-state index in [9.17, 15) is 23.3 Å². The molecule has 110 valence electrons. The Kier molecular flexibility index (Phi) is 2.85. The fourth-order valence-corrected chi connectivity index (χ4v) is 2.44. The van der Waals surface area contributed by atoms with E-state index in [1.807, 2.05) is 0 Å². The zero-order valence-corrected chi connectivity index (χ0v) is 10.5. The van der Waals surface area contributed by atoms with E-state index < -0.39 is 22.4 Å². The molecule has 0 bridgehead atoms. The van der Waals surface area contributed by atoms with Crippen molar-refractivity contribution in [2.75, 3.05) is 4.90 Å².